The molecule has 0 spiro atoms. The van der Waals surface area contributed by atoms with E-state index in [9.17, 15) is 13.2 Å². The largest absolute Gasteiger partial charge is 0.484 e. The number of hydrogen-bond acceptors (Lipinski definition) is 4. The Hall–Kier alpha value is -2.38. The van der Waals surface area contributed by atoms with Crippen LogP contribution >= 0.6 is 0 Å². The zero-order valence-corrected chi connectivity index (χ0v) is 15.9. The Kier molecular flexibility index (Phi) is 6.76. The van der Waals surface area contributed by atoms with Crippen molar-refractivity contribution in [3.8, 4) is 5.75 Å². The molecule has 0 aromatic heterocycles. The number of carbonyl (C=O) groups is 1. The van der Waals surface area contributed by atoms with Gasteiger partial charge >= 0.3 is 0 Å². The van der Waals surface area contributed by atoms with E-state index >= 15 is 0 Å². The number of amides is 1. The fourth-order valence-electron chi connectivity index (χ4n) is 2.34. The van der Waals surface area contributed by atoms with Gasteiger partial charge in [-0.25, -0.2) is 13.1 Å². The van der Waals surface area contributed by atoms with Crippen molar-refractivity contribution < 1.29 is 17.9 Å². The van der Waals surface area contributed by atoms with Gasteiger partial charge in [-0.15, -0.1) is 0 Å². The number of hydrogen-bond donors (Lipinski definition) is 2. The topological polar surface area (TPSA) is 84.5 Å². The van der Waals surface area contributed by atoms with Gasteiger partial charge in [0.25, 0.3) is 5.91 Å². The van der Waals surface area contributed by atoms with E-state index < -0.39 is 10.0 Å². The zero-order valence-electron chi connectivity index (χ0n) is 15.1. The van der Waals surface area contributed by atoms with Crippen LogP contribution in [-0.2, 0) is 14.8 Å². The molecule has 0 heterocycles. The number of sulfonamides is 1. The van der Waals surface area contributed by atoms with Crippen LogP contribution in [0.25, 0.3) is 0 Å². The molecule has 0 bridgehead atoms. The molecule has 26 heavy (non-hydrogen) atoms. The number of rotatable bonds is 8. The van der Waals surface area contributed by atoms with E-state index in [2.05, 4.69) is 10.0 Å². The molecule has 6 nitrogen and oxygen atoms in total. The monoisotopic (exact) mass is 376 g/mol. The molecule has 0 aliphatic heterocycles. The van der Waals surface area contributed by atoms with Gasteiger partial charge in [-0.1, -0.05) is 30.3 Å². The third-order valence-electron chi connectivity index (χ3n) is 3.59. The molecule has 0 aliphatic rings. The van der Waals surface area contributed by atoms with Crippen molar-refractivity contribution in [3.05, 3.63) is 60.2 Å². The molecule has 1 atom stereocenters. The molecule has 0 aliphatic carbocycles. The van der Waals surface area contributed by atoms with Crippen LogP contribution in [0, 0.1) is 0 Å². The van der Waals surface area contributed by atoms with Crippen LogP contribution in [0.3, 0.4) is 0 Å². The Balaban J connectivity index is 1.99. The molecule has 140 valence electrons. The summed E-state index contributed by atoms with van der Waals surface area (Å²) in [4.78, 5) is 11.7. The number of ether oxygens (including phenoxy) is 1. The first-order valence-corrected chi connectivity index (χ1v) is 9.86. The summed E-state index contributed by atoms with van der Waals surface area (Å²) < 4.78 is 33.0. The number of benzene rings is 2. The van der Waals surface area contributed by atoms with E-state index in [0.29, 0.717) is 5.75 Å². The van der Waals surface area contributed by atoms with Gasteiger partial charge in [0.1, 0.15) is 5.75 Å². The highest BCUT2D eigenvalue weighted by Crippen LogP contribution is 2.19. The predicted octanol–water partition coefficient (Wildman–Crippen LogP) is 2.63. The van der Waals surface area contributed by atoms with E-state index in [0.717, 1.165) is 5.56 Å². The molecule has 2 N–H and O–H groups in total. The van der Waals surface area contributed by atoms with Crippen LogP contribution in [0.5, 0.6) is 5.75 Å². The van der Waals surface area contributed by atoms with Crippen LogP contribution < -0.4 is 14.8 Å². The van der Waals surface area contributed by atoms with Crippen LogP contribution in [0.1, 0.15) is 32.4 Å². The van der Waals surface area contributed by atoms with Crippen molar-refractivity contribution in [1.29, 1.82) is 0 Å². The Labute approximate surface area is 154 Å². The first-order chi connectivity index (χ1) is 12.3. The summed E-state index contributed by atoms with van der Waals surface area (Å²) in [5.41, 5.74) is 0.882. The minimum absolute atomic E-state index is 0.0382. The fourth-order valence-corrected chi connectivity index (χ4v) is 3.57. The average molecular weight is 376 g/mol. The summed E-state index contributed by atoms with van der Waals surface area (Å²) in [6.45, 7) is 5.40. The molecule has 0 saturated carbocycles. The number of nitrogens with one attached hydrogen (secondary N) is 2. The highest BCUT2D eigenvalue weighted by molar-refractivity contribution is 7.89. The van der Waals surface area contributed by atoms with Crippen molar-refractivity contribution in [2.45, 2.75) is 37.8 Å². The summed E-state index contributed by atoms with van der Waals surface area (Å²) in [6, 6.07) is 15.0. The second-order valence-corrected chi connectivity index (χ2v) is 7.95. The van der Waals surface area contributed by atoms with Gasteiger partial charge in [0.05, 0.1) is 4.90 Å². The average Bonchev–Trinajstić information content (AvgIpc) is 2.60. The smallest absolute Gasteiger partial charge is 0.258 e. The second-order valence-electron chi connectivity index (χ2n) is 6.24. The van der Waals surface area contributed by atoms with Gasteiger partial charge in [-0.05, 0) is 50.6 Å². The van der Waals surface area contributed by atoms with E-state index in [1.807, 2.05) is 44.2 Å². The van der Waals surface area contributed by atoms with Gasteiger partial charge < -0.3 is 10.1 Å². The van der Waals surface area contributed by atoms with E-state index in [1.165, 1.54) is 24.3 Å². The van der Waals surface area contributed by atoms with Crippen molar-refractivity contribution in [3.63, 3.8) is 0 Å². The Morgan fingerprint density at radius 3 is 2.19 bits per heavy atom. The lowest BCUT2D eigenvalue weighted by atomic mass is 10.1. The van der Waals surface area contributed by atoms with Crippen molar-refractivity contribution in [2.24, 2.45) is 0 Å². The Bertz CT molecular complexity index is 818. The maximum atomic E-state index is 12.5. The predicted molar refractivity (Wildman–Crippen MR) is 100 cm³/mol. The molecule has 1 unspecified atom stereocenters. The highest BCUT2D eigenvalue weighted by Gasteiger charge is 2.18. The lowest BCUT2D eigenvalue weighted by Crippen LogP contribution is -2.34. The van der Waals surface area contributed by atoms with Crippen molar-refractivity contribution in [1.82, 2.24) is 10.0 Å². The standard InChI is InChI=1S/C19H24N2O4S/c1-14(2)20-19(22)13-25-17-9-11-18(12-10-17)26(23,24)21-15(3)16-7-5-4-6-8-16/h4-12,14-15,21H,13H2,1-3H3,(H,20,22). The molecule has 2 aromatic rings. The first-order valence-electron chi connectivity index (χ1n) is 8.37. The minimum atomic E-state index is -3.66. The Morgan fingerprint density at radius 1 is 1.00 bits per heavy atom. The number of carbonyl (C=O) groups excluding carboxylic acids is 1. The maximum Gasteiger partial charge on any atom is 0.258 e. The molecular weight excluding hydrogens is 352 g/mol. The van der Waals surface area contributed by atoms with Crippen LogP contribution in [-0.4, -0.2) is 27.0 Å². The summed E-state index contributed by atoms with van der Waals surface area (Å²) in [5, 5.41) is 2.72. The van der Waals surface area contributed by atoms with Gasteiger partial charge in [-0.2, -0.15) is 0 Å². The quantitative estimate of drug-likeness (QED) is 0.742. The molecule has 0 radical (unpaired) electrons. The summed E-state index contributed by atoms with van der Waals surface area (Å²) in [5.74, 6) is 0.203. The highest BCUT2D eigenvalue weighted by atomic mass is 32.2. The van der Waals surface area contributed by atoms with Crippen molar-refractivity contribution in [2.75, 3.05) is 6.61 Å². The third kappa shape index (κ3) is 5.86. The van der Waals surface area contributed by atoms with Gasteiger partial charge in [-0.3, -0.25) is 4.79 Å². The van der Waals surface area contributed by atoms with E-state index in [4.69, 9.17) is 4.74 Å². The fraction of sp³-hybridized carbons (Fsp3) is 0.316. The summed E-state index contributed by atoms with van der Waals surface area (Å²) in [6.07, 6.45) is 0. The lowest BCUT2D eigenvalue weighted by Gasteiger charge is -2.15. The normalized spacial score (nSPS) is 12.6. The maximum absolute atomic E-state index is 12.5. The zero-order chi connectivity index (χ0) is 19.2. The van der Waals surface area contributed by atoms with E-state index in [1.54, 1.807) is 6.92 Å². The summed E-state index contributed by atoms with van der Waals surface area (Å²) >= 11 is 0. The van der Waals surface area contributed by atoms with Gasteiger partial charge in [0.2, 0.25) is 10.0 Å². The van der Waals surface area contributed by atoms with Gasteiger partial charge in [0, 0.05) is 12.1 Å². The minimum Gasteiger partial charge on any atom is -0.484 e. The lowest BCUT2D eigenvalue weighted by molar-refractivity contribution is -0.123. The second kappa shape index (κ2) is 8.82. The molecule has 0 fully saturated rings. The molecule has 7 heteroatoms. The van der Waals surface area contributed by atoms with Crippen LogP contribution in [0.15, 0.2) is 59.5 Å². The molecule has 2 aromatic carbocycles. The SMILES string of the molecule is CC(C)NC(=O)COc1ccc(S(=O)(=O)NC(C)c2ccccc2)cc1. The van der Waals surface area contributed by atoms with E-state index in [-0.39, 0.29) is 29.5 Å². The Morgan fingerprint density at radius 2 is 1.62 bits per heavy atom. The molecular formula is C19H24N2O4S. The van der Waals surface area contributed by atoms with Crippen molar-refractivity contribution >= 4 is 15.9 Å². The van der Waals surface area contributed by atoms with Crippen LogP contribution in [0.2, 0.25) is 0 Å². The van der Waals surface area contributed by atoms with Gasteiger partial charge in [0.15, 0.2) is 6.61 Å². The van der Waals surface area contributed by atoms with Crippen LogP contribution in [0.4, 0.5) is 0 Å². The molecule has 2 rings (SSSR count). The third-order valence-corrected chi connectivity index (χ3v) is 5.14. The molecule has 0 saturated heterocycles. The first kappa shape index (κ1) is 19.9. The summed E-state index contributed by atoms with van der Waals surface area (Å²) in [7, 11) is -3.66. The molecule has 1 amide bonds.